The van der Waals surface area contributed by atoms with Crippen molar-refractivity contribution in [3.8, 4) is 0 Å². The van der Waals surface area contributed by atoms with Gasteiger partial charge in [-0.25, -0.2) is 4.79 Å². The fourth-order valence-electron chi connectivity index (χ4n) is 2.76. The predicted octanol–water partition coefficient (Wildman–Crippen LogP) is 2.11. The van der Waals surface area contributed by atoms with Crippen LogP contribution in [0.25, 0.3) is 0 Å². The smallest absolute Gasteiger partial charge is 0.337 e. The van der Waals surface area contributed by atoms with Gasteiger partial charge in [0.15, 0.2) is 0 Å². The van der Waals surface area contributed by atoms with Crippen LogP contribution in [-0.2, 0) is 14.3 Å². The molecule has 0 radical (unpaired) electrons. The van der Waals surface area contributed by atoms with E-state index in [4.69, 9.17) is 0 Å². The van der Waals surface area contributed by atoms with Crippen LogP contribution in [0, 0.1) is 5.92 Å². The van der Waals surface area contributed by atoms with Gasteiger partial charge in [0.1, 0.15) is 0 Å². The Balaban J connectivity index is 1.90. The minimum atomic E-state index is -0.700. The third-order valence-electron chi connectivity index (χ3n) is 4.20. The number of hydrogen-bond donors (Lipinski definition) is 2. The van der Waals surface area contributed by atoms with Crippen LogP contribution in [0.5, 0.6) is 0 Å². The van der Waals surface area contributed by atoms with E-state index in [1.54, 1.807) is 12.1 Å². The molecule has 0 bridgehead atoms. The number of hydrogen-bond acceptors (Lipinski definition) is 4. The maximum atomic E-state index is 12.0. The second kappa shape index (κ2) is 7.76. The van der Waals surface area contributed by atoms with Gasteiger partial charge in [-0.1, -0.05) is 19.8 Å². The molecule has 0 aliphatic heterocycles. The third-order valence-corrected chi connectivity index (χ3v) is 4.20. The highest BCUT2D eigenvalue weighted by Crippen LogP contribution is 2.23. The summed E-state index contributed by atoms with van der Waals surface area (Å²) in [6.45, 7) is 2.09. The van der Waals surface area contributed by atoms with E-state index in [-0.39, 0.29) is 6.04 Å². The minimum absolute atomic E-state index is 0.0590. The number of amides is 2. The fourth-order valence-corrected chi connectivity index (χ4v) is 2.76. The third kappa shape index (κ3) is 4.55. The van der Waals surface area contributed by atoms with Gasteiger partial charge in [-0.2, -0.15) is 0 Å². The molecule has 2 N–H and O–H groups in total. The predicted molar refractivity (Wildman–Crippen MR) is 86.0 cm³/mol. The van der Waals surface area contributed by atoms with Crippen molar-refractivity contribution >= 4 is 23.5 Å². The molecule has 2 amide bonds. The maximum absolute atomic E-state index is 12.0. The van der Waals surface area contributed by atoms with Gasteiger partial charge in [0, 0.05) is 11.7 Å². The zero-order valence-corrected chi connectivity index (χ0v) is 13.4. The highest BCUT2D eigenvalue weighted by atomic mass is 16.5. The molecule has 1 aliphatic rings. The Morgan fingerprint density at radius 2 is 1.70 bits per heavy atom. The van der Waals surface area contributed by atoms with E-state index in [0.29, 0.717) is 17.2 Å². The summed E-state index contributed by atoms with van der Waals surface area (Å²) in [5, 5.41) is 5.33. The second-order valence-corrected chi connectivity index (χ2v) is 5.86. The molecule has 1 saturated carbocycles. The highest BCUT2D eigenvalue weighted by Gasteiger charge is 2.25. The Labute approximate surface area is 135 Å². The van der Waals surface area contributed by atoms with Gasteiger partial charge in [0.25, 0.3) is 0 Å². The van der Waals surface area contributed by atoms with Gasteiger partial charge >= 0.3 is 17.8 Å². The van der Waals surface area contributed by atoms with Crippen molar-refractivity contribution in [2.75, 3.05) is 12.4 Å². The van der Waals surface area contributed by atoms with Crippen LogP contribution in [-0.4, -0.2) is 30.9 Å². The Kier molecular flexibility index (Phi) is 5.73. The van der Waals surface area contributed by atoms with Crippen LogP contribution < -0.4 is 10.6 Å². The van der Waals surface area contributed by atoms with Crippen molar-refractivity contribution in [3.63, 3.8) is 0 Å². The van der Waals surface area contributed by atoms with Gasteiger partial charge in [-0.3, -0.25) is 9.59 Å². The summed E-state index contributed by atoms with van der Waals surface area (Å²) >= 11 is 0. The van der Waals surface area contributed by atoms with E-state index in [1.807, 2.05) is 0 Å². The average molecular weight is 318 g/mol. The average Bonchev–Trinajstić information content (AvgIpc) is 2.56. The van der Waals surface area contributed by atoms with E-state index < -0.39 is 17.8 Å². The number of methoxy groups -OCH3 is 1. The molecule has 2 unspecified atom stereocenters. The molecule has 1 aromatic carbocycles. The number of rotatable bonds is 3. The summed E-state index contributed by atoms with van der Waals surface area (Å²) in [4.78, 5) is 35.3. The Bertz CT molecular complexity index is 583. The first kappa shape index (κ1) is 17.0. The molecule has 23 heavy (non-hydrogen) atoms. The molecule has 124 valence electrons. The lowest BCUT2D eigenvalue weighted by Crippen LogP contribution is -2.45. The van der Waals surface area contributed by atoms with E-state index >= 15 is 0 Å². The molecule has 0 spiro atoms. The van der Waals surface area contributed by atoms with Gasteiger partial charge < -0.3 is 15.4 Å². The molecule has 0 aromatic heterocycles. The van der Waals surface area contributed by atoms with Gasteiger partial charge in [0.2, 0.25) is 0 Å². The van der Waals surface area contributed by atoms with Crippen molar-refractivity contribution in [1.82, 2.24) is 5.32 Å². The number of benzene rings is 1. The Hall–Kier alpha value is -2.37. The lowest BCUT2D eigenvalue weighted by atomic mass is 9.86. The summed E-state index contributed by atoms with van der Waals surface area (Å²) in [5.41, 5.74) is 0.834. The maximum Gasteiger partial charge on any atom is 0.337 e. The molecule has 6 heteroatoms. The zero-order chi connectivity index (χ0) is 16.8. The number of carbonyl (C=O) groups excluding carboxylic acids is 3. The number of carbonyl (C=O) groups is 3. The Morgan fingerprint density at radius 3 is 2.30 bits per heavy atom. The highest BCUT2D eigenvalue weighted by molar-refractivity contribution is 6.39. The van der Waals surface area contributed by atoms with Gasteiger partial charge in [-0.15, -0.1) is 0 Å². The molecule has 1 aliphatic carbocycles. The van der Waals surface area contributed by atoms with Crippen LogP contribution in [0.4, 0.5) is 5.69 Å². The number of anilines is 1. The van der Waals surface area contributed by atoms with E-state index in [2.05, 4.69) is 22.3 Å². The summed E-state index contributed by atoms with van der Waals surface area (Å²) in [7, 11) is 1.30. The molecule has 6 nitrogen and oxygen atoms in total. The molecule has 1 fully saturated rings. The van der Waals surface area contributed by atoms with E-state index in [0.717, 1.165) is 19.3 Å². The summed E-state index contributed by atoms with van der Waals surface area (Å²) < 4.78 is 4.60. The summed E-state index contributed by atoms with van der Waals surface area (Å²) in [6.07, 6.45) is 4.23. The van der Waals surface area contributed by atoms with Crippen molar-refractivity contribution in [2.45, 2.75) is 38.6 Å². The molecule has 1 aromatic rings. The largest absolute Gasteiger partial charge is 0.465 e. The lowest BCUT2D eigenvalue weighted by Gasteiger charge is -2.29. The van der Waals surface area contributed by atoms with Crippen molar-refractivity contribution < 1.29 is 19.1 Å². The van der Waals surface area contributed by atoms with E-state index in [9.17, 15) is 14.4 Å². The van der Waals surface area contributed by atoms with Gasteiger partial charge in [0.05, 0.1) is 12.7 Å². The molecular weight excluding hydrogens is 296 g/mol. The van der Waals surface area contributed by atoms with E-state index in [1.165, 1.54) is 25.7 Å². The topological polar surface area (TPSA) is 84.5 Å². The standard InChI is InChI=1S/C17H22N2O4/c1-11-5-3-4-6-14(11)19-16(21)15(20)18-13-9-7-12(8-10-13)17(22)23-2/h7-11,14H,3-6H2,1-2H3,(H,18,20)(H,19,21). The first-order valence-electron chi connectivity index (χ1n) is 7.81. The van der Waals surface area contributed by atoms with Crippen LogP contribution in [0.2, 0.25) is 0 Å². The lowest BCUT2D eigenvalue weighted by molar-refractivity contribution is -0.137. The minimum Gasteiger partial charge on any atom is -0.465 e. The van der Waals surface area contributed by atoms with Crippen LogP contribution >= 0.6 is 0 Å². The van der Waals surface area contributed by atoms with Gasteiger partial charge in [-0.05, 0) is 43.0 Å². The quantitative estimate of drug-likeness (QED) is 0.660. The monoisotopic (exact) mass is 318 g/mol. The normalized spacial score (nSPS) is 20.4. The van der Waals surface area contributed by atoms with Crippen LogP contribution in [0.3, 0.4) is 0 Å². The molecule has 2 atom stereocenters. The van der Waals surface area contributed by atoms with Crippen molar-refractivity contribution in [1.29, 1.82) is 0 Å². The zero-order valence-electron chi connectivity index (χ0n) is 13.4. The van der Waals surface area contributed by atoms with Crippen LogP contribution in [0.15, 0.2) is 24.3 Å². The summed E-state index contributed by atoms with van der Waals surface area (Å²) in [6, 6.07) is 6.23. The van der Waals surface area contributed by atoms with Crippen molar-refractivity contribution in [2.24, 2.45) is 5.92 Å². The molecule has 2 rings (SSSR count). The first-order valence-corrected chi connectivity index (χ1v) is 7.81. The first-order chi connectivity index (χ1) is 11.0. The number of esters is 1. The SMILES string of the molecule is COC(=O)c1ccc(NC(=O)C(=O)NC2CCCCC2C)cc1. The van der Waals surface area contributed by atoms with Crippen LogP contribution in [0.1, 0.15) is 43.0 Å². The molecule has 0 heterocycles. The fraction of sp³-hybridized carbons (Fsp3) is 0.471. The second-order valence-electron chi connectivity index (χ2n) is 5.86. The molecule has 0 saturated heterocycles. The number of ether oxygens (including phenoxy) is 1. The number of nitrogens with one attached hydrogen (secondary N) is 2. The molecular formula is C17H22N2O4. The van der Waals surface area contributed by atoms with Crippen molar-refractivity contribution in [3.05, 3.63) is 29.8 Å². The Morgan fingerprint density at radius 1 is 1.04 bits per heavy atom. The summed E-state index contributed by atoms with van der Waals surface area (Å²) in [5.74, 6) is -1.39.